The first-order chi connectivity index (χ1) is 8.13. The Bertz CT molecular complexity index is 404. The standard InChI is InChI=1S/C12H12BrF2NO/c1-2-5-17-11-4-3-10(13)6-9(11)7-16-8-12(14)15/h1,3-4,6,12,16H,5,7-8H2. The second-order valence-electron chi connectivity index (χ2n) is 3.27. The van der Waals surface area contributed by atoms with E-state index < -0.39 is 6.43 Å². The van der Waals surface area contributed by atoms with E-state index in [0.29, 0.717) is 12.3 Å². The van der Waals surface area contributed by atoms with E-state index in [1.54, 1.807) is 6.07 Å². The van der Waals surface area contributed by atoms with Gasteiger partial charge in [-0.15, -0.1) is 6.42 Å². The lowest BCUT2D eigenvalue weighted by Gasteiger charge is -2.11. The zero-order chi connectivity index (χ0) is 12.7. The minimum absolute atomic E-state index is 0.156. The summed E-state index contributed by atoms with van der Waals surface area (Å²) in [5.41, 5.74) is 0.787. The van der Waals surface area contributed by atoms with E-state index in [9.17, 15) is 8.78 Å². The van der Waals surface area contributed by atoms with Crippen LogP contribution in [0.15, 0.2) is 22.7 Å². The summed E-state index contributed by atoms with van der Waals surface area (Å²) in [4.78, 5) is 0. The van der Waals surface area contributed by atoms with Gasteiger partial charge >= 0.3 is 0 Å². The van der Waals surface area contributed by atoms with Gasteiger partial charge in [0, 0.05) is 16.6 Å². The molecule has 0 aliphatic rings. The third-order valence-electron chi connectivity index (χ3n) is 1.95. The van der Waals surface area contributed by atoms with Crippen LogP contribution in [0.5, 0.6) is 5.75 Å². The fraction of sp³-hybridized carbons (Fsp3) is 0.333. The first kappa shape index (κ1) is 13.9. The Morgan fingerprint density at radius 3 is 2.88 bits per heavy atom. The van der Waals surface area contributed by atoms with Gasteiger partial charge in [0.1, 0.15) is 12.4 Å². The number of halogens is 3. The average molecular weight is 304 g/mol. The van der Waals surface area contributed by atoms with Gasteiger partial charge in [0.05, 0.1) is 6.54 Å². The Kier molecular flexibility index (Phi) is 5.95. The van der Waals surface area contributed by atoms with Crippen LogP contribution >= 0.6 is 15.9 Å². The fourth-order valence-corrected chi connectivity index (χ4v) is 1.67. The summed E-state index contributed by atoms with van der Waals surface area (Å²) < 4.78 is 30.2. The fourth-order valence-electron chi connectivity index (χ4n) is 1.26. The lowest BCUT2D eigenvalue weighted by atomic mass is 10.2. The minimum Gasteiger partial charge on any atom is -0.481 e. The molecule has 1 aromatic rings. The zero-order valence-corrected chi connectivity index (χ0v) is 10.6. The van der Waals surface area contributed by atoms with Crippen LogP contribution in [0.4, 0.5) is 8.78 Å². The lowest BCUT2D eigenvalue weighted by molar-refractivity contribution is 0.145. The highest BCUT2D eigenvalue weighted by molar-refractivity contribution is 9.10. The smallest absolute Gasteiger partial charge is 0.250 e. The molecule has 1 N–H and O–H groups in total. The predicted molar refractivity (Wildman–Crippen MR) is 66.2 cm³/mol. The van der Waals surface area contributed by atoms with E-state index in [1.165, 1.54) is 0 Å². The maximum Gasteiger partial charge on any atom is 0.250 e. The van der Waals surface area contributed by atoms with Crippen LogP contribution < -0.4 is 10.1 Å². The van der Waals surface area contributed by atoms with Gasteiger partial charge in [0.2, 0.25) is 0 Å². The number of ether oxygens (including phenoxy) is 1. The highest BCUT2D eigenvalue weighted by atomic mass is 79.9. The van der Waals surface area contributed by atoms with Gasteiger partial charge in [-0.25, -0.2) is 8.78 Å². The monoisotopic (exact) mass is 303 g/mol. The number of alkyl halides is 2. The predicted octanol–water partition coefficient (Wildman–Crippen LogP) is 2.82. The summed E-state index contributed by atoms with van der Waals surface area (Å²) in [6.07, 6.45) is 2.73. The molecule has 0 spiro atoms. The van der Waals surface area contributed by atoms with E-state index in [2.05, 4.69) is 27.2 Å². The molecule has 0 saturated heterocycles. The van der Waals surface area contributed by atoms with E-state index in [1.807, 2.05) is 12.1 Å². The second kappa shape index (κ2) is 7.25. The van der Waals surface area contributed by atoms with E-state index in [0.717, 1.165) is 10.0 Å². The van der Waals surface area contributed by atoms with Crippen LogP contribution in [-0.2, 0) is 6.54 Å². The van der Waals surface area contributed by atoms with Crippen molar-refractivity contribution in [2.24, 2.45) is 0 Å². The van der Waals surface area contributed by atoms with Gasteiger partial charge in [-0.1, -0.05) is 21.9 Å². The molecule has 1 rings (SSSR count). The Morgan fingerprint density at radius 1 is 1.47 bits per heavy atom. The molecule has 0 aliphatic carbocycles. The molecule has 0 radical (unpaired) electrons. The molecule has 17 heavy (non-hydrogen) atoms. The highest BCUT2D eigenvalue weighted by Gasteiger charge is 2.06. The van der Waals surface area contributed by atoms with Crippen LogP contribution in [-0.4, -0.2) is 19.6 Å². The van der Waals surface area contributed by atoms with Crippen molar-refractivity contribution >= 4 is 15.9 Å². The Labute approximate surface area is 107 Å². The molecule has 1 aromatic carbocycles. The third-order valence-corrected chi connectivity index (χ3v) is 2.44. The summed E-state index contributed by atoms with van der Waals surface area (Å²) in [6.45, 7) is 0.119. The normalized spacial score (nSPS) is 10.3. The van der Waals surface area contributed by atoms with Gasteiger partial charge in [0.25, 0.3) is 6.43 Å². The molecule has 0 heterocycles. The van der Waals surface area contributed by atoms with Crippen molar-refractivity contribution in [2.45, 2.75) is 13.0 Å². The van der Waals surface area contributed by atoms with Crippen LogP contribution in [0.1, 0.15) is 5.56 Å². The van der Waals surface area contributed by atoms with Crippen molar-refractivity contribution in [1.29, 1.82) is 0 Å². The van der Waals surface area contributed by atoms with Crippen LogP contribution in [0.2, 0.25) is 0 Å². The molecule has 0 saturated carbocycles. The van der Waals surface area contributed by atoms with E-state index >= 15 is 0 Å². The summed E-state index contributed by atoms with van der Waals surface area (Å²) in [6, 6.07) is 5.37. The maximum absolute atomic E-state index is 12.0. The summed E-state index contributed by atoms with van der Waals surface area (Å²) in [5, 5.41) is 2.64. The summed E-state index contributed by atoms with van der Waals surface area (Å²) in [7, 11) is 0. The molecular weight excluding hydrogens is 292 g/mol. The number of benzene rings is 1. The van der Waals surface area contributed by atoms with Gasteiger partial charge in [-0.3, -0.25) is 0 Å². The van der Waals surface area contributed by atoms with Crippen LogP contribution in [0.25, 0.3) is 0 Å². The third kappa shape index (κ3) is 5.16. The molecule has 0 fully saturated rings. The number of hydrogen-bond acceptors (Lipinski definition) is 2. The molecule has 92 valence electrons. The quantitative estimate of drug-likeness (QED) is 0.816. The lowest BCUT2D eigenvalue weighted by Crippen LogP contribution is -2.21. The highest BCUT2D eigenvalue weighted by Crippen LogP contribution is 2.23. The summed E-state index contributed by atoms with van der Waals surface area (Å²) in [5.74, 6) is 2.96. The van der Waals surface area contributed by atoms with Gasteiger partial charge in [-0.2, -0.15) is 0 Å². The number of rotatable bonds is 6. The SMILES string of the molecule is C#CCOc1ccc(Br)cc1CNCC(F)F. The molecule has 0 aromatic heterocycles. The largest absolute Gasteiger partial charge is 0.481 e. The zero-order valence-electron chi connectivity index (χ0n) is 9.05. The van der Waals surface area contributed by atoms with Crippen LogP contribution in [0, 0.1) is 12.3 Å². The Hall–Kier alpha value is -1.12. The Morgan fingerprint density at radius 2 is 2.24 bits per heavy atom. The molecule has 0 bridgehead atoms. The minimum atomic E-state index is -2.36. The number of hydrogen-bond donors (Lipinski definition) is 1. The van der Waals surface area contributed by atoms with Gasteiger partial charge in [-0.05, 0) is 18.2 Å². The average Bonchev–Trinajstić information content (AvgIpc) is 2.27. The van der Waals surface area contributed by atoms with Crippen molar-refractivity contribution in [3.8, 4) is 18.1 Å². The first-order valence-electron chi connectivity index (χ1n) is 4.97. The number of nitrogens with one attached hydrogen (secondary N) is 1. The molecule has 0 amide bonds. The van der Waals surface area contributed by atoms with Crippen molar-refractivity contribution in [1.82, 2.24) is 5.32 Å². The molecular formula is C12H12BrF2NO. The summed E-state index contributed by atoms with van der Waals surface area (Å²) >= 11 is 3.31. The topological polar surface area (TPSA) is 21.3 Å². The maximum atomic E-state index is 12.0. The van der Waals surface area contributed by atoms with E-state index in [-0.39, 0.29) is 13.2 Å². The first-order valence-corrected chi connectivity index (χ1v) is 5.76. The molecule has 2 nitrogen and oxygen atoms in total. The van der Waals surface area contributed by atoms with Crippen molar-refractivity contribution in [3.05, 3.63) is 28.2 Å². The Balaban J connectivity index is 2.66. The second-order valence-corrected chi connectivity index (χ2v) is 4.18. The van der Waals surface area contributed by atoms with Gasteiger partial charge in [0.15, 0.2) is 0 Å². The van der Waals surface area contributed by atoms with E-state index in [4.69, 9.17) is 11.2 Å². The van der Waals surface area contributed by atoms with Crippen molar-refractivity contribution in [2.75, 3.05) is 13.2 Å². The van der Waals surface area contributed by atoms with Crippen molar-refractivity contribution in [3.63, 3.8) is 0 Å². The molecule has 0 atom stereocenters. The molecule has 0 aliphatic heterocycles. The molecule has 0 unspecified atom stereocenters. The van der Waals surface area contributed by atoms with Crippen molar-refractivity contribution < 1.29 is 13.5 Å². The number of terminal acetylenes is 1. The van der Waals surface area contributed by atoms with Crippen LogP contribution in [0.3, 0.4) is 0 Å². The van der Waals surface area contributed by atoms with Gasteiger partial charge < -0.3 is 10.1 Å². The molecule has 5 heteroatoms.